The number of benzene rings is 1. The number of nitrogens with one attached hydrogen (secondary N) is 1. The van der Waals surface area contributed by atoms with Crippen LogP contribution in [0.25, 0.3) is 0 Å². The van der Waals surface area contributed by atoms with Gasteiger partial charge in [0.2, 0.25) is 0 Å². The number of hydrogen-bond donors (Lipinski definition) is 1. The number of fused-ring (bicyclic) bond motifs is 1. The van der Waals surface area contributed by atoms with Gasteiger partial charge in [-0.15, -0.1) is 0 Å². The SMILES string of the molecule is COc1cccc([C@H]2C[C@@H](C(F)(F)F)n3ncc(C(=O)N4CCCC[C@H]4C)c3N2)c1. The number of rotatable bonds is 3. The van der Waals surface area contributed by atoms with E-state index >= 15 is 0 Å². The molecule has 30 heavy (non-hydrogen) atoms. The number of likely N-dealkylation sites (tertiary alicyclic amines) is 1. The fourth-order valence-electron chi connectivity index (χ4n) is 4.35. The highest BCUT2D eigenvalue weighted by Crippen LogP contribution is 2.45. The number of carbonyl (C=O) groups excluding carboxylic acids is 1. The molecule has 2 aliphatic rings. The van der Waals surface area contributed by atoms with Crippen LogP contribution in [0.4, 0.5) is 19.0 Å². The molecule has 1 amide bonds. The monoisotopic (exact) mass is 422 g/mol. The third-order valence-electron chi connectivity index (χ3n) is 6.03. The topological polar surface area (TPSA) is 59.4 Å². The summed E-state index contributed by atoms with van der Waals surface area (Å²) in [7, 11) is 1.51. The molecule has 162 valence electrons. The number of anilines is 1. The Kier molecular flexibility index (Phi) is 5.38. The van der Waals surface area contributed by atoms with Crippen molar-refractivity contribution in [3.63, 3.8) is 0 Å². The number of alkyl halides is 3. The van der Waals surface area contributed by atoms with Crippen molar-refractivity contribution in [3.8, 4) is 5.75 Å². The maximum Gasteiger partial charge on any atom is 0.410 e. The van der Waals surface area contributed by atoms with Crippen LogP contribution in [0.15, 0.2) is 30.5 Å². The normalized spacial score (nSPS) is 24.2. The number of amides is 1. The molecule has 1 fully saturated rings. The van der Waals surface area contributed by atoms with Gasteiger partial charge in [-0.05, 0) is 43.9 Å². The Morgan fingerprint density at radius 2 is 2.10 bits per heavy atom. The molecule has 3 atom stereocenters. The van der Waals surface area contributed by atoms with Crippen LogP contribution in [0.2, 0.25) is 0 Å². The Labute approximate surface area is 173 Å². The van der Waals surface area contributed by atoms with Crippen molar-refractivity contribution in [1.29, 1.82) is 0 Å². The summed E-state index contributed by atoms with van der Waals surface area (Å²) in [4.78, 5) is 14.9. The number of aromatic nitrogens is 2. The minimum atomic E-state index is -4.49. The number of hydrogen-bond acceptors (Lipinski definition) is 4. The first-order valence-corrected chi connectivity index (χ1v) is 10.1. The number of ether oxygens (including phenoxy) is 1. The Hall–Kier alpha value is -2.71. The van der Waals surface area contributed by atoms with Gasteiger partial charge < -0.3 is 15.0 Å². The van der Waals surface area contributed by atoms with Crippen molar-refractivity contribution in [2.75, 3.05) is 19.0 Å². The van der Waals surface area contributed by atoms with Gasteiger partial charge in [-0.25, -0.2) is 4.68 Å². The summed E-state index contributed by atoms with van der Waals surface area (Å²) in [6.45, 7) is 2.57. The molecule has 9 heteroatoms. The third kappa shape index (κ3) is 3.73. The van der Waals surface area contributed by atoms with Gasteiger partial charge in [0.15, 0.2) is 6.04 Å². The Morgan fingerprint density at radius 1 is 1.30 bits per heavy atom. The van der Waals surface area contributed by atoms with Crippen LogP contribution >= 0.6 is 0 Å². The molecule has 0 radical (unpaired) electrons. The maximum atomic E-state index is 13.9. The molecule has 1 aromatic carbocycles. The molecule has 0 bridgehead atoms. The van der Waals surface area contributed by atoms with Crippen LogP contribution < -0.4 is 10.1 Å². The van der Waals surface area contributed by atoms with E-state index in [1.165, 1.54) is 13.3 Å². The lowest BCUT2D eigenvalue weighted by atomic mass is 9.96. The molecule has 0 spiro atoms. The molecular formula is C21H25F3N4O2. The minimum absolute atomic E-state index is 0.0537. The molecule has 2 aliphatic heterocycles. The van der Waals surface area contributed by atoms with E-state index in [9.17, 15) is 18.0 Å². The molecule has 2 aromatic rings. The predicted octanol–water partition coefficient (Wildman–Crippen LogP) is 4.57. The predicted molar refractivity (Wildman–Crippen MR) is 106 cm³/mol. The van der Waals surface area contributed by atoms with Crippen LogP contribution in [-0.4, -0.2) is 46.5 Å². The van der Waals surface area contributed by atoms with E-state index in [2.05, 4.69) is 10.4 Å². The van der Waals surface area contributed by atoms with E-state index < -0.39 is 18.3 Å². The largest absolute Gasteiger partial charge is 0.497 e. The molecule has 0 unspecified atom stereocenters. The minimum Gasteiger partial charge on any atom is -0.497 e. The summed E-state index contributed by atoms with van der Waals surface area (Å²) in [5.41, 5.74) is 0.853. The van der Waals surface area contributed by atoms with Crippen molar-refractivity contribution < 1.29 is 22.7 Å². The van der Waals surface area contributed by atoms with Crippen LogP contribution in [0.5, 0.6) is 5.75 Å². The van der Waals surface area contributed by atoms with Gasteiger partial charge in [0.25, 0.3) is 5.91 Å². The molecule has 4 rings (SSSR count). The number of halogens is 3. The Balaban J connectivity index is 1.72. The van der Waals surface area contributed by atoms with Gasteiger partial charge >= 0.3 is 6.18 Å². The van der Waals surface area contributed by atoms with Gasteiger partial charge in [-0.2, -0.15) is 18.3 Å². The van der Waals surface area contributed by atoms with Crippen molar-refractivity contribution in [3.05, 3.63) is 41.6 Å². The average molecular weight is 422 g/mol. The zero-order valence-electron chi connectivity index (χ0n) is 16.9. The zero-order valence-corrected chi connectivity index (χ0v) is 16.9. The molecule has 0 aliphatic carbocycles. The average Bonchev–Trinajstić information content (AvgIpc) is 3.16. The molecule has 0 saturated carbocycles. The van der Waals surface area contributed by atoms with Crippen molar-refractivity contribution in [1.82, 2.24) is 14.7 Å². The third-order valence-corrected chi connectivity index (χ3v) is 6.03. The smallest absolute Gasteiger partial charge is 0.410 e. The zero-order chi connectivity index (χ0) is 21.5. The van der Waals surface area contributed by atoms with E-state index in [0.717, 1.165) is 23.9 Å². The van der Waals surface area contributed by atoms with Gasteiger partial charge in [-0.3, -0.25) is 4.79 Å². The Morgan fingerprint density at radius 3 is 2.80 bits per heavy atom. The first-order chi connectivity index (χ1) is 14.3. The molecular weight excluding hydrogens is 397 g/mol. The fraction of sp³-hybridized carbons (Fsp3) is 0.524. The lowest BCUT2D eigenvalue weighted by Gasteiger charge is -2.36. The standard InChI is InChI=1S/C21H25F3N4O2/c1-13-6-3-4-9-27(13)20(29)16-12-25-28-18(21(22,23)24)11-17(26-19(16)28)14-7-5-8-15(10-14)30-2/h5,7-8,10,12-13,17-18,26H,3-4,6,9,11H2,1-2H3/t13-,17-,18+/m1/s1. The van der Waals surface area contributed by atoms with Gasteiger partial charge in [0.05, 0.1) is 19.3 Å². The maximum absolute atomic E-state index is 13.9. The van der Waals surface area contributed by atoms with Crippen molar-refractivity contribution in [2.24, 2.45) is 0 Å². The summed E-state index contributed by atoms with van der Waals surface area (Å²) in [6, 6.07) is 4.57. The second-order valence-electron chi connectivity index (χ2n) is 7.96. The second kappa shape index (κ2) is 7.85. The van der Waals surface area contributed by atoms with Crippen molar-refractivity contribution >= 4 is 11.7 Å². The highest BCUT2D eigenvalue weighted by molar-refractivity contribution is 5.99. The summed E-state index contributed by atoms with van der Waals surface area (Å²) in [5, 5.41) is 7.12. The lowest BCUT2D eigenvalue weighted by Crippen LogP contribution is -2.42. The Bertz CT molecular complexity index is 927. The van der Waals surface area contributed by atoms with Crippen LogP contribution in [0.3, 0.4) is 0 Å². The van der Waals surface area contributed by atoms with E-state index in [1.54, 1.807) is 29.2 Å². The summed E-state index contributed by atoms with van der Waals surface area (Å²) >= 11 is 0. The number of nitrogens with zero attached hydrogens (tertiary/aromatic N) is 3. The summed E-state index contributed by atoms with van der Waals surface area (Å²) < 4.78 is 47.8. The molecule has 1 N–H and O–H groups in total. The quantitative estimate of drug-likeness (QED) is 0.788. The van der Waals surface area contributed by atoms with E-state index in [4.69, 9.17) is 4.74 Å². The second-order valence-corrected chi connectivity index (χ2v) is 7.96. The first kappa shape index (κ1) is 20.6. The van der Waals surface area contributed by atoms with Gasteiger partial charge in [-0.1, -0.05) is 12.1 Å². The molecule has 3 heterocycles. The van der Waals surface area contributed by atoms with Gasteiger partial charge in [0.1, 0.15) is 17.1 Å². The lowest BCUT2D eigenvalue weighted by molar-refractivity contribution is -0.173. The molecule has 1 saturated heterocycles. The van der Waals surface area contributed by atoms with E-state index in [0.29, 0.717) is 17.9 Å². The highest BCUT2D eigenvalue weighted by atomic mass is 19.4. The highest BCUT2D eigenvalue weighted by Gasteiger charge is 2.47. The molecule has 1 aromatic heterocycles. The molecule has 6 nitrogen and oxygen atoms in total. The van der Waals surface area contributed by atoms with E-state index in [1.807, 2.05) is 6.92 Å². The first-order valence-electron chi connectivity index (χ1n) is 10.1. The number of piperidine rings is 1. The van der Waals surface area contributed by atoms with Crippen molar-refractivity contribution in [2.45, 2.75) is 56.9 Å². The van der Waals surface area contributed by atoms with Crippen LogP contribution in [0, 0.1) is 0 Å². The van der Waals surface area contributed by atoms with Crippen LogP contribution in [-0.2, 0) is 0 Å². The summed E-state index contributed by atoms with van der Waals surface area (Å²) in [6.07, 6.45) is -0.620. The van der Waals surface area contributed by atoms with Gasteiger partial charge in [0, 0.05) is 19.0 Å². The summed E-state index contributed by atoms with van der Waals surface area (Å²) in [5.74, 6) is 0.415. The number of methoxy groups -OCH3 is 1. The fourth-order valence-corrected chi connectivity index (χ4v) is 4.35. The number of carbonyl (C=O) groups is 1. The van der Waals surface area contributed by atoms with E-state index in [-0.39, 0.29) is 29.8 Å². The van der Waals surface area contributed by atoms with Crippen LogP contribution in [0.1, 0.15) is 60.6 Å².